The molecular formula is C19H13N5O. The van der Waals surface area contributed by atoms with Gasteiger partial charge in [0, 0.05) is 11.8 Å². The number of pyridine rings is 1. The number of benzene rings is 2. The number of rotatable bonds is 4. The normalized spacial score (nSPS) is 10.6. The van der Waals surface area contributed by atoms with Gasteiger partial charge in [-0.15, -0.1) is 15.0 Å². The van der Waals surface area contributed by atoms with Crippen molar-refractivity contribution in [2.24, 2.45) is 0 Å². The molecule has 0 aliphatic carbocycles. The van der Waals surface area contributed by atoms with Crippen molar-refractivity contribution < 1.29 is 4.79 Å². The molecule has 25 heavy (non-hydrogen) atoms. The molecule has 0 atom stereocenters. The van der Waals surface area contributed by atoms with Crippen LogP contribution >= 0.6 is 0 Å². The highest BCUT2D eigenvalue weighted by molar-refractivity contribution is 5.87. The summed E-state index contributed by atoms with van der Waals surface area (Å²) in [5.41, 5.74) is 3.84. The molecular weight excluding hydrogens is 314 g/mol. The van der Waals surface area contributed by atoms with Crippen molar-refractivity contribution in [2.75, 3.05) is 0 Å². The van der Waals surface area contributed by atoms with E-state index >= 15 is 0 Å². The smallest absolute Gasteiger partial charge is 0.223 e. The molecule has 0 aliphatic rings. The summed E-state index contributed by atoms with van der Waals surface area (Å²) in [6.07, 6.45) is 2.54. The lowest BCUT2D eigenvalue weighted by Gasteiger charge is -2.06. The van der Waals surface area contributed by atoms with E-state index in [-0.39, 0.29) is 0 Å². The van der Waals surface area contributed by atoms with Gasteiger partial charge >= 0.3 is 0 Å². The number of hydrogen-bond donors (Lipinski definition) is 0. The standard InChI is InChI=1S/C19H13N5O/c25-13-15-6-1-2-9-17(15)14-7-5-8-16(12-14)24-22-19(21-23-24)18-10-3-4-11-20-18/h1-13H. The van der Waals surface area contributed by atoms with Crippen LogP contribution < -0.4 is 0 Å². The van der Waals surface area contributed by atoms with Gasteiger partial charge in [-0.05, 0) is 40.6 Å². The molecule has 0 saturated heterocycles. The molecule has 0 N–H and O–H groups in total. The van der Waals surface area contributed by atoms with Gasteiger partial charge in [0.05, 0.1) is 5.69 Å². The SMILES string of the molecule is O=Cc1ccccc1-c1cccc(-n2nnc(-c3ccccn3)n2)c1. The first-order chi connectivity index (χ1) is 12.3. The molecule has 6 nitrogen and oxygen atoms in total. The van der Waals surface area contributed by atoms with Crippen LogP contribution in [0.3, 0.4) is 0 Å². The number of tetrazole rings is 1. The topological polar surface area (TPSA) is 73.6 Å². The minimum Gasteiger partial charge on any atom is -0.298 e. The molecule has 0 unspecified atom stereocenters. The predicted molar refractivity (Wildman–Crippen MR) is 93.2 cm³/mol. The van der Waals surface area contributed by atoms with E-state index < -0.39 is 0 Å². The molecule has 4 rings (SSSR count). The third-order valence-electron chi connectivity index (χ3n) is 3.78. The number of carbonyl (C=O) groups is 1. The van der Waals surface area contributed by atoms with Crippen LogP contribution in [0.5, 0.6) is 0 Å². The maximum absolute atomic E-state index is 11.3. The van der Waals surface area contributed by atoms with E-state index in [1.807, 2.05) is 60.7 Å². The van der Waals surface area contributed by atoms with E-state index in [4.69, 9.17) is 0 Å². The molecule has 0 aliphatic heterocycles. The van der Waals surface area contributed by atoms with Crippen LogP contribution in [0.2, 0.25) is 0 Å². The monoisotopic (exact) mass is 327 g/mol. The van der Waals surface area contributed by atoms with Gasteiger partial charge in [-0.2, -0.15) is 0 Å². The molecule has 6 heteroatoms. The fourth-order valence-corrected chi connectivity index (χ4v) is 2.58. The second-order valence-corrected chi connectivity index (χ2v) is 5.37. The van der Waals surface area contributed by atoms with Gasteiger partial charge in [-0.1, -0.05) is 42.5 Å². The predicted octanol–water partition coefficient (Wildman–Crippen LogP) is 3.20. The molecule has 0 radical (unpaired) electrons. The summed E-state index contributed by atoms with van der Waals surface area (Å²) in [6, 6.07) is 20.7. The van der Waals surface area contributed by atoms with E-state index in [0.29, 0.717) is 17.1 Å². The van der Waals surface area contributed by atoms with Crippen LogP contribution in [0.1, 0.15) is 10.4 Å². The van der Waals surface area contributed by atoms with E-state index in [9.17, 15) is 4.79 Å². The lowest BCUT2D eigenvalue weighted by molar-refractivity contribution is 0.112. The third kappa shape index (κ3) is 2.92. The average Bonchev–Trinajstić information content (AvgIpc) is 3.19. The highest BCUT2D eigenvalue weighted by atomic mass is 16.1. The maximum atomic E-state index is 11.3. The number of aldehydes is 1. The van der Waals surface area contributed by atoms with E-state index in [1.54, 1.807) is 12.3 Å². The minimum absolute atomic E-state index is 0.458. The molecule has 2 heterocycles. The Morgan fingerprint density at radius 3 is 2.64 bits per heavy atom. The summed E-state index contributed by atoms with van der Waals surface area (Å²) < 4.78 is 0. The first kappa shape index (κ1) is 14.9. The zero-order valence-corrected chi connectivity index (χ0v) is 13.1. The molecule has 4 aromatic rings. The zero-order valence-electron chi connectivity index (χ0n) is 13.1. The van der Waals surface area contributed by atoms with Gasteiger partial charge in [-0.25, -0.2) is 0 Å². The molecule has 0 amide bonds. The molecule has 120 valence electrons. The minimum atomic E-state index is 0.458. The fourth-order valence-electron chi connectivity index (χ4n) is 2.58. The highest BCUT2D eigenvalue weighted by Gasteiger charge is 2.10. The van der Waals surface area contributed by atoms with Crippen LogP contribution in [0.4, 0.5) is 0 Å². The lowest BCUT2D eigenvalue weighted by atomic mass is 10.0. The first-order valence-electron chi connectivity index (χ1n) is 7.71. The van der Waals surface area contributed by atoms with Crippen LogP contribution in [0.25, 0.3) is 28.3 Å². The van der Waals surface area contributed by atoms with Crippen LogP contribution in [-0.2, 0) is 0 Å². The Labute approximate surface area is 143 Å². The maximum Gasteiger partial charge on any atom is 0.223 e. The largest absolute Gasteiger partial charge is 0.298 e. The van der Waals surface area contributed by atoms with Crippen molar-refractivity contribution in [3.63, 3.8) is 0 Å². The van der Waals surface area contributed by atoms with Crippen molar-refractivity contribution in [2.45, 2.75) is 0 Å². The second-order valence-electron chi connectivity index (χ2n) is 5.37. The van der Waals surface area contributed by atoms with Gasteiger partial charge in [0.25, 0.3) is 0 Å². The summed E-state index contributed by atoms with van der Waals surface area (Å²) in [4.78, 5) is 17.0. The molecule has 0 bridgehead atoms. The van der Waals surface area contributed by atoms with Crippen molar-refractivity contribution in [1.29, 1.82) is 0 Å². The summed E-state index contributed by atoms with van der Waals surface area (Å²) in [6.45, 7) is 0. The Kier molecular flexibility index (Phi) is 3.84. The average molecular weight is 327 g/mol. The van der Waals surface area contributed by atoms with E-state index in [1.165, 1.54) is 4.80 Å². The van der Waals surface area contributed by atoms with E-state index in [0.717, 1.165) is 23.1 Å². The van der Waals surface area contributed by atoms with Gasteiger partial charge in [0.1, 0.15) is 5.69 Å². The second kappa shape index (κ2) is 6.45. The third-order valence-corrected chi connectivity index (χ3v) is 3.78. The van der Waals surface area contributed by atoms with Gasteiger partial charge in [0.15, 0.2) is 6.29 Å². The van der Waals surface area contributed by atoms with Crippen LogP contribution in [0.15, 0.2) is 72.9 Å². The lowest BCUT2D eigenvalue weighted by Crippen LogP contribution is -1.99. The molecule has 0 saturated carbocycles. The van der Waals surface area contributed by atoms with Crippen molar-refractivity contribution in [1.82, 2.24) is 25.2 Å². The molecule has 0 spiro atoms. The highest BCUT2D eigenvalue weighted by Crippen LogP contribution is 2.24. The number of nitrogens with zero attached hydrogens (tertiary/aromatic N) is 5. The first-order valence-corrected chi connectivity index (χ1v) is 7.71. The Morgan fingerprint density at radius 1 is 0.920 bits per heavy atom. The van der Waals surface area contributed by atoms with E-state index in [2.05, 4.69) is 20.4 Å². The van der Waals surface area contributed by atoms with Crippen LogP contribution in [-0.4, -0.2) is 31.5 Å². The number of carbonyl (C=O) groups excluding carboxylic acids is 1. The quantitative estimate of drug-likeness (QED) is 0.538. The summed E-state index contributed by atoms with van der Waals surface area (Å²) >= 11 is 0. The van der Waals surface area contributed by atoms with Crippen molar-refractivity contribution in [3.05, 3.63) is 78.5 Å². The summed E-state index contributed by atoms with van der Waals surface area (Å²) in [5.74, 6) is 0.458. The van der Waals surface area contributed by atoms with Gasteiger partial charge in [0.2, 0.25) is 5.82 Å². The summed E-state index contributed by atoms with van der Waals surface area (Å²) in [7, 11) is 0. The molecule has 0 fully saturated rings. The number of hydrogen-bond acceptors (Lipinski definition) is 5. The zero-order chi connectivity index (χ0) is 17.1. The van der Waals surface area contributed by atoms with Crippen molar-refractivity contribution >= 4 is 6.29 Å². The van der Waals surface area contributed by atoms with Gasteiger partial charge < -0.3 is 0 Å². The fraction of sp³-hybridized carbons (Fsp3) is 0. The molecule has 2 aromatic carbocycles. The Balaban J connectivity index is 1.73. The number of aromatic nitrogens is 5. The summed E-state index contributed by atoms with van der Waals surface area (Å²) in [5, 5.41) is 12.6. The Morgan fingerprint density at radius 2 is 1.80 bits per heavy atom. The Bertz CT molecular complexity index is 1030. The van der Waals surface area contributed by atoms with Crippen molar-refractivity contribution in [3.8, 4) is 28.3 Å². The Hall–Kier alpha value is -3.67. The van der Waals surface area contributed by atoms with Crippen LogP contribution in [0, 0.1) is 0 Å². The van der Waals surface area contributed by atoms with Gasteiger partial charge in [-0.3, -0.25) is 9.78 Å². The molecule has 2 aromatic heterocycles.